The van der Waals surface area contributed by atoms with Gasteiger partial charge in [-0.15, -0.1) is 0 Å². The van der Waals surface area contributed by atoms with Gasteiger partial charge in [-0.25, -0.2) is 8.78 Å². The fourth-order valence-corrected chi connectivity index (χ4v) is 0.761. The van der Waals surface area contributed by atoms with Crippen LogP contribution in [0, 0.1) is 11.6 Å². The van der Waals surface area contributed by atoms with Crippen LogP contribution in [0.15, 0.2) is 23.3 Å². The molecule has 0 aromatic heterocycles. The first kappa shape index (κ1) is 10.2. The third kappa shape index (κ3) is 2.58. The second kappa shape index (κ2) is 4.40. The molecular weight excluding hydrogens is 192 g/mol. The highest BCUT2D eigenvalue weighted by Gasteiger charge is 2.03. The molecule has 0 fully saturated rings. The smallest absolute Gasteiger partial charge is 0.162 e. The monoisotopic (exact) mass is 201 g/mol. The standard InChI is InChI=1S/C8H9F2N3O/c9-6-2-1-5(3-7(6)10)14-4-8(11)13-12/h1-3H,4,12H2,(H2,11,13). The van der Waals surface area contributed by atoms with Gasteiger partial charge >= 0.3 is 0 Å². The zero-order valence-corrected chi connectivity index (χ0v) is 7.21. The lowest BCUT2D eigenvalue weighted by atomic mass is 10.3. The van der Waals surface area contributed by atoms with Crippen LogP contribution in [0.5, 0.6) is 5.75 Å². The summed E-state index contributed by atoms with van der Waals surface area (Å²) in [6.45, 7) is -0.0679. The van der Waals surface area contributed by atoms with Gasteiger partial charge in [-0.1, -0.05) is 0 Å². The molecule has 1 aromatic carbocycles. The van der Waals surface area contributed by atoms with Crippen molar-refractivity contribution in [3.63, 3.8) is 0 Å². The molecule has 0 saturated heterocycles. The molecule has 0 spiro atoms. The molecule has 0 heterocycles. The van der Waals surface area contributed by atoms with E-state index in [-0.39, 0.29) is 18.2 Å². The number of halogens is 2. The van der Waals surface area contributed by atoms with E-state index in [0.717, 1.165) is 12.1 Å². The number of rotatable bonds is 3. The van der Waals surface area contributed by atoms with Gasteiger partial charge in [0.25, 0.3) is 0 Å². The fraction of sp³-hybridized carbons (Fsp3) is 0.125. The molecule has 76 valence electrons. The van der Waals surface area contributed by atoms with Gasteiger partial charge in [-0.05, 0) is 12.1 Å². The summed E-state index contributed by atoms with van der Waals surface area (Å²) in [7, 11) is 0. The van der Waals surface area contributed by atoms with Crippen LogP contribution in [0.25, 0.3) is 0 Å². The SMILES string of the molecule is N/N=C(\N)COc1ccc(F)c(F)c1. The Balaban J connectivity index is 2.64. The van der Waals surface area contributed by atoms with Crippen LogP contribution in [0.1, 0.15) is 0 Å². The molecule has 0 radical (unpaired) electrons. The fourth-order valence-electron chi connectivity index (χ4n) is 0.761. The summed E-state index contributed by atoms with van der Waals surface area (Å²) in [5.74, 6) is 3.15. The van der Waals surface area contributed by atoms with Crippen molar-refractivity contribution in [2.45, 2.75) is 0 Å². The van der Waals surface area contributed by atoms with E-state index < -0.39 is 11.6 Å². The van der Waals surface area contributed by atoms with Crippen LogP contribution >= 0.6 is 0 Å². The lowest BCUT2D eigenvalue weighted by Gasteiger charge is -2.04. The average Bonchev–Trinajstić information content (AvgIpc) is 2.19. The summed E-state index contributed by atoms with van der Waals surface area (Å²) >= 11 is 0. The van der Waals surface area contributed by atoms with E-state index in [1.165, 1.54) is 6.07 Å². The normalized spacial score (nSPS) is 11.4. The highest BCUT2D eigenvalue weighted by molar-refractivity contribution is 5.81. The molecule has 0 atom stereocenters. The zero-order chi connectivity index (χ0) is 10.6. The van der Waals surface area contributed by atoms with Crippen molar-refractivity contribution in [3.05, 3.63) is 29.8 Å². The molecule has 0 aliphatic carbocycles. The molecule has 0 unspecified atom stereocenters. The first-order valence-electron chi connectivity index (χ1n) is 3.73. The Kier molecular flexibility index (Phi) is 3.22. The maximum atomic E-state index is 12.6. The number of amidine groups is 1. The predicted molar refractivity (Wildman–Crippen MR) is 47.7 cm³/mol. The molecular formula is C8H9F2N3O. The van der Waals surface area contributed by atoms with Gasteiger partial charge in [-0.3, -0.25) is 0 Å². The van der Waals surface area contributed by atoms with Crippen molar-refractivity contribution in [1.82, 2.24) is 0 Å². The number of benzene rings is 1. The van der Waals surface area contributed by atoms with Gasteiger partial charge in [0.05, 0.1) is 0 Å². The molecule has 0 aliphatic rings. The van der Waals surface area contributed by atoms with Gasteiger partial charge in [-0.2, -0.15) is 5.10 Å². The van der Waals surface area contributed by atoms with Crippen molar-refractivity contribution >= 4 is 5.84 Å². The van der Waals surface area contributed by atoms with E-state index in [2.05, 4.69) is 5.10 Å². The first-order chi connectivity index (χ1) is 6.63. The molecule has 1 rings (SSSR count). The first-order valence-corrected chi connectivity index (χ1v) is 3.73. The summed E-state index contributed by atoms with van der Waals surface area (Å²) in [5, 5.41) is 3.15. The van der Waals surface area contributed by atoms with E-state index in [0.29, 0.717) is 0 Å². The Morgan fingerprint density at radius 3 is 2.64 bits per heavy atom. The lowest BCUT2D eigenvalue weighted by molar-refractivity contribution is 0.369. The van der Waals surface area contributed by atoms with Gasteiger partial charge in [0.2, 0.25) is 0 Å². The van der Waals surface area contributed by atoms with Crippen molar-refractivity contribution in [2.75, 3.05) is 6.61 Å². The quantitative estimate of drug-likeness (QED) is 0.325. The van der Waals surface area contributed by atoms with Gasteiger partial charge in [0.1, 0.15) is 12.4 Å². The Labute approximate surface area is 79.2 Å². The minimum atomic E-state index is -0.981. The van der Waals surface area contributed by atoms with Crippen molar-refractivity contribution in [3.8, 4) is 5.75 Å². The maximum absolute atomic E-state index is 12.6. The number of nitrogens with two attached hydrogens (primary N) is 2. The highest BCUT2D eigenvalue weighted by Crippen LogP contribution is 2.14. The Bertz CT molecular complexity index is 354. The number of ether oxygens (including phenoxy) is 1. The molecule has 0 saturated carbocycles. The van der Waals surface area contributed by atoms with Crippen LogP contribution < -0.4 is 16.3 Å². The van der Waals surface area contributed by atoms with Crippen LogP contribution in [0.4, 0.5) is 8.78 Å². The van der Waals surface area contributed by atoms with Crippen molar-refractivity contribution in [1.29, 1.82) is 0 Å². The molecule has 0 bridgehead atoms. The lowest BCUT2D eigenvalue weighted by Crippen LogP contribution is -2.22. The third-order valence-corrected chi connectivity index (χ3v) is 1.44. The van der Waals surface area contributed by atoms with E-state index in [1.54, 1.807) is 0 Å². The third-order valence-electron chi connectivity index (χ3n) is 1.44. The molecule has 0 amide bonds. The Hall–Kier alpha value is -1.85. The molecule has 14 heavy (non-hydrogen) atoms. The van der Waals surface area contributed by atoms with Gasteiger partial charge in [0, 0.05) is 6.07 Å². The van der Waals surface area contributed by atoms with E-state index in [1.807, 2.05) is 0 Å². The van der Waals surface area contributed by atoms with Crippen molar-refractivity contribution < 1.29 is 13.5 Å². The molecule has 1 aromatic rings. The minimum Gasteiger partial charge on any atom is -0.486 e. The summed E-state index contributed by atoms with van der Waals surface area (Å²) in [6.07, 6.45) is 0. The molecule has 4 nitrogen and oxygen atoms in total. The largest absolute Gasteiger partial charge is 0.486 e. The van der Waals surface area contributed by atoms with Crippen LogP contribution in [0.2, 0.25) is 0 Å². The second-order valence-corrected chi connectivity index (χ2v) is 2.49. The second-order valence-electron chi connectivity index (χ2n) is 2.49. The van der Waals surface area contributed by atoms with E-state index in [4.69, 9.17) is 16.3 Å². The Morgan fingerprint density at radius 2 is 2.07 bits per heavy atom. The topological polar surface area (TPSA) is 73.6 Å². The van der Waals surface area contributed by atoms with E-state index >= 15 is 0 Å². The number of hydrogen-bond donors (Lipinski definition) is 2. The number of hydrazone groups is 1. The summed E-state index contributed by atoms with van der Waals surface area (Å²) in [4.78, 5) is 0. The minimum absolute atomic E-state index is 0.0646. The Morgan fingerprint density at radius 1 is 1.36 bits per heavy atom. The maximum Gasteiger partial charge on any atom is 0.162 e. The van der Waals surface area contributed by atoms with Crippen LogP contribution in [0.3, 0.4) is 0 Å². The summed E-state index contributed by atoms with van der Waals surface area (Å²) < 4.78 is 30.1. The zero-order valence-electron chi connectivity index (χ0n) is 7.21. The van der Waals surface area contributed by atoms with Crippen LogP contribution in [-0.4, -0.2) is 12.4 Å². The van der Waals surface area contributed by atoms with Gasteiger partial charge < -0.3 is 16.3 Å². The number of nitrogens with zero attached hydrogens (tertiary/aromatic N) is 1. The van der Waals surface area contributed by atoms with Gasteiger partial charge in [0.15, 0.2) is 17.5 Å². The van der Waals surface area contributed by atoms with E-state index in [9.17, 15) is 8.78 Å². The highest BCUT2D eigenvalue weighted by atomic mass is 19.2. The number of hydrogen-bond acceptors (Lipinski definition) is 3. The molecule has 0 aliphatic heterocycles. The summed E-state index contributed by atoms with van der Waals surface area (Å²) in [6, 6.07) is 3.15. The summed E-state index contributed by atoms with van der Waals surface area (Å²) in [5.41, 5.74) is 5.22. The molecule has 4 N–H and O–H groups in total. The molecule has 6 heteroatoms. The average molecular weight is 201 g/mol. The van der Waals surface area contributed by atoms with Crippen LogP contribution in [-0.2, 0) is 0 Å². The van der Waals surface area contributed by atoms with Crippen molar-refractivity contribution in [2.24, 2.45) is 16.7 Å². The predicted octanol–water partition coefficient (Wildman–Crippen LogP) is 0.575.